The highest BCUT2D eigenvalue weighted by atomic mass is 35.5. The molecule has 0 aliphatic heterocycles. The van der Waals surface area contributed by atoms with E-state index in [0.29, 0.717) is 22.8 Å². The normalized spacial score (nSPS) is 10.9. The van der Waals surface area contributed by atoms with Crippen molar-refractivity contribution in [3.05, 3.63) is 70.8 Å². The largest absolute Gasteiger partial charge is 0.427 e. The highest BCUT2D eigenvalue weighted by Gasteiger charge is 2.07. The topological polar surface area (TPSA) is 43.4 Å². The summed E-state index contributed by atoms with van der Waals surface area (Å²) in [5.74, 6) is 0.110. The quantitative estimate of drug-likeness (QED) is 0.154. The third-order valence-electron chi connectivity index (χ3n) is 4.13. The van der Waals surface area contributed by atoms with Gasteiger partial charge in [-0.25, -0.2) is 0 Å². The van der Waals surface area contributed by atoms with E-state index in [1.807, 2.05) is 12.1 Å². The van der Waals surface area contributed by atoms with Crippen LogP contribution < -0.4 is 4.74 Å². The smallest absolute Gasteiger partial charge is 0.311 e. The van der Waals surface area contributed by atoms with Crippen LogP contribution in [0.1, 0.15) is 61.4 Å². The minimum atomic E-state index is -0.230. The molecule has 0 N–H and O–H groups in total. The molecular formula is C23H25ClO3. The Morgan fingerprint density at radius 3 is 2.44 bits per heavy atom. The first kappa shape index (κ1) is 20.9. The number of carbonyl (C=O) groups excluding carboxylic acids is 2. The van der Waals surface area contributed by atoms with E-state index in [1.165, 1.54) is 18.9 Å². The number of unbranched alkanes of at least 4 members (excludes halogenated alkanes) is 4. The lowest BCUT2D eigenvalue weighted by Gasteiger charge is -2.05. The van der Waals surface area contributed by atoms with Crippen LogP contribution >= 0.6 is 11.6 Å². The van der Waals surface area contributed by atoms with Crippen LogP contribution in [0, 0.1) is 0 Å². The Morgan fingerprint density at radius 1 is 1.00 bits per heavy atom. The number of benzene rings is 2. The molecule has 0 bridgehead atoms. The summed E-state index contributed by atoms with van der Waals surface area (Å²) >= 11 is 5.93. The van der Waals surface area contributed by atoms with Crippen molar-refractivity contribution in [1.29, 1.82) is 0 Å². The molecule has 142 valence electrons. The molecule has 0 unspecified atom stereocenters. The molecule has 0 saturated heterocycles. The van der Waals surface area contributed by atoms with Gasteiger partial charge in [-0.15, -0.1) is 0 Å². The lowest BCUT2D eigenvalue weighted by atomic mass is 10.1. The maximum atomic E-state index is 12.2. The monoisotopic (exact) mass is 384 g/mol. The molecule has 0 saturated carbocycles. The highest BCUT2D eigenvalue weighted by Crippen LogP contribution is 2.16. The number of hydrogen-bond donors (Lipinski definition) is 0. The fourth-order valence-electron chi connectivity index (χ4n) is 2.62. The Balaban J connectivity index is 1.83. The summed E-state index contributed by atoms with van der Waals surface area (Å²) in [5.41, 5.74) is 1.40. The van der Waals surface area contributed by atoms with Crippen molar-refractivity contribution in [2.75, 3.05) is 0 Å². The number of esters is 1. The summed E-state index contributed by atoms with van der Waals surface area (Å²) in [6.07, 6.45) is 9.10. The molecule has 4 heteroatoms. The summed E-state index contributed by atoms with van der Waals surface area (Å²) < 4.78 is 5.32. The van der Waals surface area contributed by atoms with Gasteiger partial charge in [0.1, 0.15) is 5.75 Å². The molecule has 0 amide bonds. The number of allylic oxidation sites excluding steroid dienone is 1. The predicted octanol–water partition coefficient (Wildman–Crippen LogP) is 6.50. The molecule has 0 atom stereocenters. The average Bonchev–Trinajstić information content (AvgIpc) is 2.66. The summed E-state index contributed by atoms with van der Waals surface area (Å²) in [5, 5.41) is 0.626. The summed E-state index contributed by atoms with van der Waals surface area (Å²) in [7, 11) is 0. The van der Waals surface area contributed by atoms with Crippen LogP contribution in [0.15, 0.2) is 54.6 Å². The van der Waals surface area contributed by atoms with E-state index in [-0.39, 0.29) is 11.8 Å². The standard InChI is InChI=1S/C23H25ClO3/c1-2-3-4-5-6-10-23(26)27-21-14-12-19(13-15-21)22(25)16-11-18-8-7-9-20(24)17-18/h7-9,11-17H,2-6,10H2,1H3. The van der Waals surface area contributed by atoms with Crippen LogP contribution in [0.4, 0.5) is 0 Å². The third kappa shape index (κ3) is 7.79. The van der Waals surface area contributed by atoms with Crippen LogP contribution in [0.3, 0.4) is 0 Å². The van der Waals surface area contributed by atoms with Crippen molar-refractivity contribution in [3.63, 3.8) is 0 Å². The van der Waals surface area contributed by atoms with Crippen LogP contribution in [0.5, 0.6) is 5.75 Å². The molecule has 0 aliphatic rings. The van der Waals surface area contributed by atoms with Gasteiger partial charge in [0.05, 0.1) is 0 Å². The van der Waals surface area contributed by atoms with Gasteiger partial charge < -0.3 is 4.74 Å². The van der Waals surface area contributed by atoms with E-state index in [4.69, 9.17) is 16.3 Å². The molecule has 0 fully saturated rings. The second-order valence-electron chi connectivity index (χ2n) is 6.42. The fourth-order valence-corrected chi connectivity index (χ4v) is 2.82. The van der Waals surface area contributed by atoms with Crippen molar-refractivity contribution in [3.8, 4) is 5.75 Å². The van der Waals surface area contributed by atoms with Crippen molar-refractivity contribution < 1.29 is 14.3 Å². The molecule has 0 spiro atoms. The molecule has 0 heterocycles. The van der Waals surface area contributed by atoms with Gasteiger partial charge in [-0.3, -0.25) is 9.59 Å². The lowest BCUT2D eigenvalue weighted by molar-refractivity contribution is -0.134. The van der Waals surface area contributed by atoms with E-state index in [9.17, 15) is 9.59 Å². The number of hydrogen-bond acceptors (Lipinski definition) is 3. The van der Waals surface area contributed by atoms with Gasteiger partial charge in [-0.2, -0.15) is 0 Å². The zero-order valence-corrected chi connectivity index (χ0v) is 16.4. The number of rotatable bonds is 10. The van der Waals surface area contributed by atoms with Crippen molar-refractivity contribution in [2.24, 2.45) is 0 Å². The van der Waals surface area contributed by atoms with Crippen LogP contribution in [0.25, 0.3) is 6.08 Å². The maximum absolute atomic E-state index is 12.2. The third-order valence-corrected chi connectivity index (χ3v) is 4.37. The SMILES string of the molecule is CCCCCCCC(=O)Oc1ccc(C(=O)C=Cc2cccc(Cl)c2)cc1. The highest BCUT2D eigenvalue weighted by molar-refractivity contribution is 6.30. The number of carbonyl (C=O) groups is 2. The fraction of sp³-hybridized carbons (Fsp3) is 0.304. The van der Waals surface area contributed by atoms with Crippen molar-refractivity contribution in [1.82, 2.24) is 0 Å². The number of ether oxygens (including phenoxy) is 1. The molecule has 3 nitrogen and oxygen atoms in total. The van der Waals surface area contributed by atoms with Gasteiger partial charge in [-0.1, -0.05) is 62.4 Å². The first-order chi connectivity index (χ1) is 13.1. The number of halogens is 1. The Morgan fingerprint density at radius 2 is 1.74 bits per heavy atom. The number of ketones is 1. The molecule has 0 radical (unpaired) electrons. The molecular weight excluding hydrogens is 360 g/mol. The first-order valence-corrected chi connectivity index (χ1v) is 9.75. The first-order valence-electron chi connectivity index (χ1n) is 9.37. The van der Waals surface area contributed by atoms with Crippen LogP contribution in [-0.4, -0.2) is 11.8 Å². The second-order valence-corrected chi connectivity index (χ2v) is 6.85. The van der Waals surface area contributed by atoms with Crippen molar-refractivity contribution in [2.45, 2.75) is 45.4 Å². The summed E-state index contributed by atoms with van der Waals surface area (Å²) in [4.78, 5) is 24.1. The zero-order valence-electron chi connectivity index (χ0n) is 15.6. The van der Waals surface area contributed by atoms with Crippen LogP contribution in [0.2, 0.25) is 5.02 Å². The minimum absolute atomic E-state index is 0.122. The summed E-state index contributed by atoms with van der Waals surface area (Å²) in [6, 6.07) is 13.9. The molecule has 27 heavy (non-hydrogen) atoms. The van der Waals surface area contributed by atoms with Crippen LogP contribution in [-0.2, 0) is 4.79 Å². The predicted molar refractivity (Wildman–Crippen MR) is 110 cm³/mol. The van der Waals surface area contributed by atoms with Gasteiger partial charge in [-0.05, 0) is 54.5 Å². The average molecular weight is 385 g/mol. The molecule has 0 aromatic heterocycles. The molecule has 2 rings (SSSR count). The van der Waals surface area contributed by atoms with E-state index in [0.717, 1.165) is 24.8 Å². The van der Waals surface area contributed by atoms with Gasteiger partial charge in [0, 0.05) is 17.0 Å². The van der Waals surface area contributed by atoms with Gasteiger partial charge in [0.2, 0.25) is 0 Å². The van der Waals surface area contributed by atoms with E-state index in [1.54, 1.807) is 42.5 Å². The maximum Gasteiger partial charge on any atom is 0.311 e. The van der Waals surface area contributed by atoms with Gasteiger partial charge in [0.25, 0.3) is 0 Å². The molecule has 0 aliphatic carbocycles. The summed E-state index contributed by atoms with van der Waals surface area (Å²) in [6.45, 7) is 2.16. The van der Waals surface area contributed by atoms with E-state index < -0.39 is 0 Å². The Hall–Kier alpha value is -2.39. The Kier molecular flexibility index (Phi) is 8.79. The zero-order chi connectivity index (χ0) is 19.5. The van der Waals surface area contributed by atoms with E-state index in [2.05, 4.69) is 6.92 Å². The van der Waals surface area contributed by atoms with Gasteiger partial charge in [0.15, 0.2) is 5.78 Å². The van der Waals surface area contributed by atoms with Gasteiger partial charge >= 0.3 is 5.97 Å². The van der Waals surface area contributed by atoms with Crippen molar-refractivity contribution >= 4 is 29.4 Å². The Bertz CT molecular complexity index is 778. The second kappa shape index (κ2) is 11.3. The molecule has 2 aromatic carbocycles. The Labute approximate surface area is 166 Å². The lowest BCUT2D eigenvalue weighted by Crippen LogP contribution is -2.07. The minimum Gasteiger partial charge on any atom is -0.427 e. The molecule has 2 aromatic rings. The van der Waals surface area contributed by atoms with E-state index >= 15 is 0 Å².